The predicted octanol–water partition coefficient (Wildman–Crippen LogP) is 3.23. The number of nitriles is 1. The first-order valence-corrected chi connectivity index (χ1v) is 10.7. The first-order chi connectivity index (χ1) is 17.0. The van der Waals surface area contributed by atoms with Crippen LogP contribution >= 0.6 is 0 Å². The SMILES string of the molecule is COC(=O)C1=C(C(=O)OC)N(c2cc3ccccc3cc2CO)C(N)=C(C#N)C1c1ccccc1. The highest BCUT2D eigenvalue weighted by Gasteiger charge is 2.43. The van der Waals surface area contributed by atoms with E-state index in [1.54, 1.807) is 42.5 Å². The molecule has 0 saturated heterocycles. The maximum absolute atomic E-state index is 13.2. The van der Waals surface area contributed by atoms with Crippen molar-refractivity contribution in [2.75, 3.05) is 19.1 Å². The minimum absolute atomic E-state index is 0.0561. The zero-order valence-corrected chi connectivity index (χ0v) is 19.2. The van der Waals surface area contributed by atoms with Gasteiger partial charge in [-0.3, -0.25) is 4.90 Å². The summed E-state index contributed by atoms with van der Waals surface area (Å²) in [5.74, 6) is -2.67. The number of carbonyl (C=O) groups excluding carboxylic acids is 2. The van der Waals surface area contributed by atoms with Gasteiger partial charge in [-0.05, 0) is 28.5 Å². The lowest BCUT2D eigenvalue weighted by molar-refractivity contribution is -0.139. The molecule has 0 fully saturated rings. The van der Waals surface area contributed by atoms with E-state index < -0.39 is 17.9 Å². The Hall–Kier alpha value is -4.61. The summed E-state index contributed by atoms with van der Waals surface area (Å²) in [7, 11) is 2.38. The van der Waals surface area contributed by atoms with Crippen LogP contribution in [-0.4, -0.2) is 31.3 Å². The van der Waals surface area contributed by atoms with Gasteiger partial charge in [-0.1, -0.05) is 54.6 Å². The molecule has 1 unspecified atom stereocenters. The minimum Gasteiger partial charge on any atom is -0.466 e. The van der Waals surface area contributed by atoms with Gasteiger partial charge in [-0.25, -0.2) is 9.59 Å². The molecule has 0 saturated carbocycles. The maximum atomic E-state index is 13.2. The van der Waals surface area contributed by atoms with Crippen LogP contribution < -0.4 is 10.6 Å². The Kier molecular flexibility index (Phi) is 6.53. The number of ether oxygens (including phenoxy) is 2. The first-order valence-electron chi connectivity index (χ1n) is 10.7. The van der Waals surface area contributed by atoms with Crippen molar-refractivity contribution >= 4 is 28.4 Å². The quantitative estimate of drug-likeness (QED) is 0.546. The van der Waals surface area contributed by atoms with Crippen LogP contribution in [0.4, 0.5) is 5.69 Å². The fraction of sp³-hybridized carbons (Fsp3) is 0.148. The number of hydrogen-bond donors (Lipinski definition) is 2. The number of fused-ring (bicyclic) bond motifs is 1. The molecular weight excluding hydrogens is 446 g/mol. The molecule has 0 radical (unpaired) electrons. The van der Waals surface area contributed by atoms with Gasteiger partial charge in [0.25, 0.3) is 0 Å². The number of carbonyl (C=O) groups is 2. The van der Waals surface area contributed by atoms with E-state index in [4.69, 9.17) is 15.2 Å². The molecule has 1 heterocycles. The molecule has 4 rings (SSSR count). The summed E-state index contributed by atoms with van der Waals surface area (Å²) in [5, 5.41) is 22.0. The summed E-state index contributed by atoms with van der Waals surface area (Å²) in [6.45, 7) is -0.379. The van der Waals surface area contributed by atoms with E-state index in [2.05, 4.69) is 6.07 Å². The van der Waals surface area contributed by atoms with Crippen molar-refractivity contribution < 1.29 is 24.2 Å². The predicted molar refractivity (Wildman–Crippen MR) is 129 cm³/mol. The van der Waals surface area contributed by atoms with Gasteiger partial charge in [0.1, 0.15) is 11.5 Å². The van der Waals surface area contributed by atoms with Gasteiger partial charge in [0.05, 0.1) is 49.6 Å². The van der Waals surface area contributed by atoms with Crippen molar-refractivity contribution in [2.24, 2.45) is 5.73 Å². The van der Waals surface area contributed by atoms with E-state index in [9.17, 15) is 20.0 Å². The normalized spacial score (nSPS) is 15.7. The first kappa shape index (κ1) is 23.5. The molecule has 0 spiro atoms. The fourth-order valence-electron chi connectivity index (χ4n) is 4.37. The summed E-state index contributed by atoms with van der Waals surface area (Å²) < 4.78 is 10.1. The zero-order chi connectivity index (χ0) is 25.1. The van der Waals surface area contributed by atoms with Crippen LogP contribution in [0.5, 0.6) is 0 Å². The van der Waals surface area contributed by atoms with Gasteiger partial charge in [0, 0.05) is 5.56 Å². The lowest BCUT2D eigenvalue weighted by atomic mass is 9.80. The number of benzene rings is 3. The van der Waals surface area contributed by atoms with Crippen LogP contribution in [0, 0.1) is 11.3 Å². The maximum Gasteiger partial charge on any atom is 0.355 e. The van der Waals surface area contributed by atoms with Crippen molar-refractivity contribution in [3.63, 3.8) is 0 Å². The highest BCUT2D eigenvalue weighted by molar-refractivity contribution is 6.07. The number of aliphatic hydroxyl groups is 1. The van der Waals surface area contributed by atoms with Crippen LogP contribution in [0.25, 0.3) is 10.8 Å². The molecule has 1 atom stereocenters. The number of anilines is 1. The summed E-state index contributed by atoms with van der Waals surface area (Å²) in [6.07, 6.45) is 0. The number of esters is 2. The van der Waals surface area contributed by atoms with E-state index in [-0.39, 0.29) is 29.3 Å². The Morgan fingerprint density at radius 2 is 1.60 bits per heavy atom. The smallest absolute Gasteiger partial charge is 0.355 e. The van der Waals surface area contributed by atoms with Crippen molar-refractivity contribution in [2.45, 2.75) is 12.5 Å². The second kappa shape index (κ2) is 9.71. The van der Waals surface area contributed by atoms with Crippen molar-refractivity contribution in [1.29, 1.82) is 5.26 Å². The number of methoxy groups -OCH3 is 2. The summed E-state index contributed by atoms with van der Waals surface area (Å²) in [4.78, 5) is 27.7. The topological polar surface area (TPSA) is 126 Å². The fourth-order valence-corrected chi connectivity index (χ4v) is 4.37. The van der Waals surface area contributed by atoms with Gasteiger partial charge in [0.2, 0.25) is 0 Å². The van der Waals surface area contributed by atoms with E-state index in [0.29, 0.717) is 16.8 Å². The Labute approximate surface area is 202 Å². The van der Waals surface area contributed by atoms with Crippen LogP contribution in [0.1, 0.15) is 17.0 Å². The average molecular weight is 469 g/mol. The van der Waals surface area contributed by atoms with E-state index >= 15 is 0 Å². The molecule has 1 aliphatic rings. The van der Waals surface area contributed by atoms with E-state index in [0.717, 1.165) is 10.8 Å². The van der Waals surface area contributed by atoms with Crippen LogP contribution in [0.15, 0.2) is 89.4 Å². The molecule has 0 bridgehead atoms. The molecule has 0 amide bonds. The molecule has 1 aliphatic heterocycles. The monoisotopic (exact) mass is 469 g/mol. The Bertz CT molecular complexity index is 1420. The third-order valence-electron chi connectivity index (χ3n) is 5.97. The molecule has 3 aromatic carbocycles. The molecule has 35 heavy (non-hydrogen) atoms. The Morgan fingerprint density at radius 1 is 1.00 bits per heavy atom. The summed E-state index contributed by atoms with van der Waals surface area (Å²) in [6, 6.07) is 21.9. The summed E-state index contributed by atoms with van der Waals surface area (Å²) >= 11 is 0. The molecule has 0 aliphatic carbocycles. The van der Waals surface area contributed by atoms with Gasteiger partial charge in [-0.2, -0.15) is 5.26 Å². The van der Waals surface area contributed by atoms with Crippen LogP contribution in [0.2, 0.25) is 0 Å². The lowest BCUT2D eigenvalue weighted by Gasteiger charge is -2.36. The zero-order valence-electron chi connectivity index (χ0n) is 19.2. The number of rotatable bonds is 5. The second-order valence-corrected chi connectivity index (χ2v) is 7.82. The second-order valence-electron chi connectivity index (χ2n) is 7.82. The van der Waals surface area contributed by atoms with Crippen LogP contribution in [0.3, 0.4) is 0 Å². The lowest BCUT2D eigenvalue weighted by Crippen LogP contribution is -2.41. The van der Waals surface area contributed by atoms with E-state index in [1.165, 1.54) is 19.1 Å². The van der Waals surface area contributed by atoms with Gasteiger partial charge in [0.15, 0.2) is 0 Å². The third-order valence-corrected chi connectivity index (χ3v) is 5.97. The standard InChI is InChI=1S/C27H23N3O5/c1-34-26(32)23-22(16-8-4-3-5-9-16)20(14-28)25(29)30(24(23)27(33)35-2)21-13-18-11-7-6-10-17(18)12-19(21)15-31/h3-13,22,31H,15,29H2,1-2H3. The largest absolute Gasteiger partial charge is 0.466 e. The number of nitrogens with zero attached hydrogens (tertiary/aromatic N) is 2. The number of nitrogens with two attached hydrogens (primary N) is 1. The average Bonchev–Trinajstić information content (AvgIpc) is 2.91. The third kappa shape index (κ3) is 3.98. The molecule has 3 N–H and O–H groups in total. The van der Waals surface area contributed by atoms with Gasteiger partial charge >= 0.3 is 11.9 Å². The van der Waals surface area contributed by atoms with E-state index in [1.807, 2.05) is 24.3 Å². The summed E-state index contributed by atoms with van der Waals surface area (Å²) in [5.41, 5.74) is 7.69. The van der Waals surface area contributed by atoms with Crippen molar-refractivity contribution in [1.82, 2.24) is 0 Å². The van der Waals surface area contributed by atoms with Crippen molar-refractivity contribution in [3.05, 3.63) is 101 Å². The molecule has 3 aromatic rings. The highest BCUT2D eigenvalue weighted by Crippen LogP contribution is 2.44. The number of aliphatic hydroxyl groups excluding tert-OH is 1. The number of allylic oxidation sites excluding steroid dienone is 1. The minimum atomic E-state index is -0.961. The van der Waals surface area contributed by atoms with Crippen molar-refractivity contribution in [3.8, 4) is 6.07 Å². The Morgan fingerprint density at radius 3 is 2.17 bits per heavy atom. The highest BCUT2D eigenvalue weighted by atomic mass is 16.5. The molecule has 0 aromatic heterocycles. The number of hydrogen-bond acceptors (Lipinski definition) is 8. The van der Waals surface area contributed by atoms with Gasteiger partial charge < -0.3 is 20.3 Å². The molecule has 8 heteroatoms. The Balaban J connectivity index is 2.12. The van der Waals surface area contributed by atoms with Crippen LogP contribution in [-0.2, 0) is 25.7 Å². The van der Waals surface area contributed by atoms with Gasteiger partial charge in [-0.15, -0.1) is 0 Å². The molecule has 176 valence electrons. The molecule has 8 nitrogen and oxygen atoms in total. The molecular formula is C27H23N3O5.